The zero-order valence-electron chi connectivity index (χ0n) is 29.3. The van der Waals surface area contributed by atoms with Crippen LogP contribution in [0.25, 0.3) is 21.9 Å². The van der Waals surface area contributed by atoms with Crippen molar-refractivity contribution in [1.29, 1.82) is 0 Å². The number of benzene rings is 2. The fourth-order valence-electron chi connectivity index (χ4n) is 5.83. The molecule has 2 aromatic carbocycles. The first-order valence-electron chi connectivity index (χ1n) is 16.9. The lowest BCUT2D eigenvalue weighted by Crippen LogP contribution is -2.42. The highest BCUT2D eigenvalue weighted by molar-refractivity contribution is 8.07. The molecular formula is C37H45N7O4S. The molecule has 0 radical (unpaired) electrons. The van der Waals surface area contributed by atoms with Gasteiger partial charge in [-0.25, -0.2) is 24.5 Å². The number of hydrogen-bond acceptors (Lipinski definition) is 9. The van der Waals surface area contributed by atoms with Gasteiger partial charge in [0.05, 0.1) is 27.8 Å². The van der Waals surface area contributed by atoms with Gasteiger partial charge >= 0.3 is 12.2 Å². The molecule has 49 heavy (non-hydrogen) atoms. The second-order valence-corrected chi connectivity index (χ2v) is 15.8. The van der Waals surface area contributed by atoms with Crippen LogP contribution in [0.3, 0.4) is 0 Å². The highest BCUT2D eigenvalue weighted by Crippen LogP contribution is 2.56. The fraction of sp³-hybridized carbons (Fsp3) is 0.486. The molecule has 258 valence electrons. The van der Waals surface area contributed by atoms with Gasteiger partial charge in [-0.3, -0.25) is 4.90 Å². The molecule has 2 saturated heterocycles. The van der Waals surface area contributed by atoms with Gasteiger partial charge in [0.2, 0.25) is 5.95 Å². The maximum atomic E-state index is 12.9. The van der Waals surface area contributed by atoms with Crippen molar-refractivity contribution in [1.82, 2.24) is 29.7 Å². The average Bonchev–Trinajstić information content (AvgIpc) is 3.45. The van der Waals surface area contributed by atoms with E-state index in [1.54, 1.807) is 22.9 Å². The van der Waals surface area contributed by atoms with Gasteiger partial charge in [-0.15, -0.1) is 11.8 Å². The Kier molecular flexibility index (Phi) is 9.67. The second-order valence-electron chi connectivity index (χ2n) is 14.5. The number of carbonyl (C=O) groups excluding carboxylic acids is 2. The summed E-state index contributed by atoms with van der Waals surface area (Å²) < 4.78 is 11.2. The van der Waals surface area contributed by atoms with Crippen molar-refractivity contribution in [3.05, 3.63) is 59.5 Å². The van der Waals surface area contributed by atoms with Crippen molar-refractivity contribution in [3.63, 3.8) is 0 Å². The van der Waals surface area contributed by atoms with Crippen LogP contribution in [0.4, 0.5) is 15.5 Å². The van der Waals surface area contributed by atoms with E-state index in [2.05, 4.69) is 39.0 Å². The number of H-pyrrole nitrogens is 1. The summed E-state index contributed by atoms with van der Waals surface area (Å²) in [5.74, 6) is 7.92. The maximum absolute atomic E-state index is 12.9. The molecule has 2 amide bonds. The van der Waals surface area contributed by atoms with Gasteiger partial charge in [-0.2, -0.15) is 0 Å². The zero-order valence-corrected chi connectivity index (χ0v) is 30.1. The third-order valence-electron chi connectivity index (χ3n) is 8.07. The predicted octanol–water partition coefficient (Wildman–Crippen LogP) is 7.48. The van der Waals surface area contributed by atoms with Crippen LogP contribution >= 0.6 is 11.8 Å². The van der Waals surface area contributed by atoms with Crippen LogP contribution in [0.15, 0.2) is 42.6 Å². The molecule has 0 saturated carbocycles. The van der Waals surface area contributed by atoms with Crippen LogP contribution in [0.2, 0.25) is 0 Å². The SMILES string of the molecule is CCCN(C(=O)OC(C)(C)C)C1SC1c1nc2ccc(C#Cc3ccc4nc(NCC5CCCN5C(=O)OC(C)(C)C)ncc4c3)cc2[nH]1. The first-order valence-corrected chi connectivity index (χ1v) is 17.9. The minimum Gasteiger partial charge on any atom is -0.444 e. The molecule has 3 unspecified atom stereocenters. The number of carbonyl (C=O) groups is 2. The minimum atomic E-state index is -0.541. The summed E-state index contributed by atoms with van der Waals surface area (Å²) in [4.78, 5) is 46.6. The monoisotopic (exact) mass is 683 g/mol. The van der Waals surface area contributed by atoms with Crippen LogP contribution in [0.5, 0.6) is 0 Å². The van der Waals surface area contributed by atoms with Crippen molar-refractivity contribution >= 4 is 51.8 Å². The number of imidazole rings is 1. The van der Waals surface area contributed by atoms with E-state index < -0.39 is 11.2 Å². The average molecular weight is 684 g/mol. The normalized spacial score (nSPS) is 19.0. The van der Waals surface area contributed by atoms with E-state index in [4.69, 9.17) is 14.5 Å². The lowest BCUT2D eigenvalue weighted by Gasteiger charge is -2.28. The van der Waals surface area contributed by atoms with Gasteiger partial charge in [-0.1, -0.05) is 18.8 Å². The molecule has 2 aliphatic rings. The number of aromatic nitrogens is 4. The van der Waals surface area contributed by atoms with Gasteiger partial charge in [0.15, 0.2) is 0 Å². The molecule has 0 spiro atoms. The van der Waals surface area contributed by atoms with E-state index in [9.17, 15) is 9.59 Å². The van der Waals surface area contributed by atoms with Crippen LogP contribution in [0, 0.1) is 11.8 Å². The van der Waals surface area contributed by atoms with E-state index in [-0.39, 0.29) is 28.9 Å². The van der Waals surface area contributed by atoms with Crippen molar-refractivity contribution in [2.75, 3.05) is 25.0 Å². The molecule has 2 aromatic heterocycles. The zero-order chi connectivity index (χ0) is 34.9. The Morgan fingerprint density at radius 2 is 1.73 bits per heavy atom. The van der Waals surface area contributed by atoms with Crippen molar-refractivity contribution in [2.45, 2.75) is 95.6 Å². The van der Waals surface area contributed by atoms with E-state index in [0.29, 0.717) is 25.6 Å². The minimum absolute atomic E-state index is 0.000175. The van der Waals surface area contributed by atoms with Crippen LogP contribution < -0.4 is 5.32 Å². The van der Waals surface area contributed by atoms with Gasteiger partial charge < -0.3 is 24.7 Å². The maximum Gasteiger partial charge on any atom is 0.411 e. The molecule has 2 N–H and O–H groups in total. The number of hydrogen-bond donors (Lipinski definition) is 2. The summed E-state index contributed by atoms with van der Waals surface area (Å²) in [6, 6.07) is 11.9. The number of aromatic amines is 1. The first-order chi connectivity index (χ1) is 23.3. The molecule has 4 aromatic rings. The predicted molar refractivity (Wildman–Crippen MR) is 193 cm³/mol. The molecule has 11 nitrogen and oxygen atoms in total. The molecule has 2 aliphatic heterocycles. The lowest BCUT2D eigenvalue weighted by molar-refractivity contribution is 0.0228. The lowest BCUT2D eigenvalue weighted by atomic mass is 10.1. The molecule has 6 rings (SSSR count). The highest BCUT2D eigenvalue weighted by Gasteiger charge is 2.49. The topological polar surface area (TPSA) is 126 Å². The van der Waals surface area contributed by atoms with E-state index >= 15 is 0 Å². The van der Waals surface area contributed by atoms with Crippen LogP contribution in [0.1, 0.15) is 89.9 Å². The van der Waals surface area contributed by atoms with Crippen LogP contribution in [-0.4, -0.2) is 84.2 Å². The Morgan fingerprint density at radius 1 is 1.02 bits per heavy atom. The molecule has 0 bridgehead atoms. The number of rotatable bonds is 7. The Labute approximate surface area is 291 Å². The quantitative estimate of drug-likeness (QED) is 0.151. The summed E-state index contributed by atoms with van der Waals surface area (Å²) >= 11 is 1.70. The van der Waals surface area contributed by atoms with Crippen molar-refractivity contribution in [2.24, 2.45) is 0 Å². The van der Waals surface area contributed by atoms with Gasteiger partial charge in [-0.05, 0) is 97.2 Å². The van der Waals surface area contributed by atoms with E-state index in [1.807, 2.05) is 82.8 Å². The summed E-state index contributed by atoms with van der Waals surface area (Å²) in [7, 11) is 0. The Morgan fingerprint density at radius 3 is 2.45 bits per heavy atom. The third kappa shape index (κ3) is 8.57. The molecule has 2 fully saturated rings. The molecule has 4 heterocycles. The molecule has 0 aliphatic carbocycles. The molecule has 12 heteroatoms. The second kappa shape index (κ2) is 13.8. The summed E-state index contributed by atoms with van der Waals surface area (Å²) in [6.07, 6.45) is 3.94. The number of likely N-dealkylation sites (tertiary alicyclic amines) is 1. The fourth-order valence-corrected chi connectivity index (χ4v) is 6.89. The van der Waals surface area contributed by atoms with Crippen LogP contribution in [-0.2, 0) is 9.47 Å². The number of nitrogens with zero attached hydrogens (tertiary/aromatic N) is 5. The smallest absolute Gasteiger partial charge is 0.411 e. The number of fused-ring (bicyclic) bond motifs is 2. The van der Waals surface area contributed by atoms with Crippen molar-refractivity contribution < 1.29 is 19.1 Å². The number of ether oxygens (including phenoxy) is 2. The standard InChI is InChI=1S/C37H45N7O4S/c1-8-17-44(35(46)48-37(5,6)7)32-30(49-32)31-40-28-16-14-24(20-29(28)41-31)12-11-23-13-15-27-25(19-23)21-38-33(42-27)39-22-26-10-9-18-43(26)34(45)47-36(2,3)4/h13-16,19-21,26,30,32H,8-10,17-18,22H2,1-7H3,(H,40,41)(H,38,39,42). The van der Waals surface area contributed by atoms with E-state index in [1.165, 1.54) is 0 Å². The number of amides is 2. The van der Waals surface area contributed by atoms with Gasteiger partial charge in [0.1, 0.15) is 22.4 Å². The number of nitrogens with one attached hydrogen (secondary N) is 2. The molecular weight excluding hydrogens is 639 g/mol. The van der Waals surface area contributed by atoms with Gasteiger partial charge in [0, 0.05) is 42.3 Å². The molecule has 3 atom stereocenters. The van der Waals surface area contributed by atoms with E-state index in [0.717, 1.165) is 58.2 Å². The third-order valence-corrected chi connectivity index (χ3v) is 9.34. The summed E-state index contributed by atoms with van der Waals surface area (Å²) in [6.45, 7) is 15.2. The Bertz CT molecular complexity index is 1920. The Balaban J connectivity index is 1.09. The summed E-state index contributed by atoms with van der Waals surface area (Å²) in [5, 5.41) is 4.28. The highest BCUT2D eigenvalue weighted by atomic mass is 32.2. The van der Waals surface area contributed by atoms with Crippen molar-refractivity contribution in [3.8, 4) is 11.8 Å². The van der Waals surface area contributed by atoms with Gasteiger partial charge in [0.25, 0.3) is 0 Å². The summed E-state index contributed by atoms with van der Waals surface area (Å²) in [5.41, 5.74) is 3.24. The Hall–Kier alpha value is -4.50. The largest absolute Gasteiger partial charge is 0.444 e. The number of anilines is 1. The first kappa shape index (κ1) is 34.4. The number of thioether (sulfide) groups is 1.